The highest BCUT2D eigenvalue weighted by molar-refractivity contribution is 6.30. The second-order valence-corrected chi connectivity index (χ2v) is 4.70. The first-order valence-corrected chi connectivity index (χ1v) is 5.76. The Bertz CT molecular complexity index is 566. The Labute approximate surface area is 109 Å². The molecule has 18 heavy (non-hydrogen) atoms. The number of halogens is 1. The quantitative estimate of drug-likeness (QED) is 0.802. The van der Waals surface area contributed by atoms with Gasteiger partial charge in [-0.15, -0.1) is 0 Å². The number of aryl methyl sites for hydroxylation is 1. The number of fused-ring (bicyclic) bond motifs is 1. The zero-order valence-corrected chi connectivity index (χ0v) is 10.8. The average Bonchev–Trinajstić information content (AvgIpc) is 2.71. The van der Waals surface area contributed by atoms with Crippen molar-refractivity contribution in [3.63, 3.8) is 0 Å². The largest absolute Gasteiger partial charge is 0.482 e. The van der Waals surface area contributed by atoms with Gasteiger partial charge in [-0.25, -0.2) is 4.98 Å². The van der Waals surface area contributed by atoms with E-state index in [9.17, 15) is 10.2 Å². The Morgan fingerprint density at radius 2 is 2.11 bits per heavy atom. The maximum Gasteiger partial charge on any atom is 0.162 e. The van der Waals surface area contributed by atoms with Crippen LogP contribution in [0.2, 0.25) is 5.15 Å². The second kappa shape index (κ2) is 4.72. The summed E-state index contributed by atoms with van der Waals surface area (Å²) in [4.78, 5) is 4.14. The number of nitrogens with zero attached hydrogens (tertiary/aromatic N) is 3. The Hall–Kier alpha value is -1.37. The molecule has 0 atom stereocenters. The number of aromatic nitrogens is 3. The summed E-state index contributed by atoms with van der Waals surface area (Å²) in [6.07, 6.45) is 1.60. The molecule has 0 unspecified atom stereocenters. The molecule has 0 spiro atoms. The molecular weight excluding hydrogens is 258 g/mol. The number of ether oxygens (including phenoxy) is 1. The van der Waals surface area contributed by atoms with E-state index in [1.165, 1.54) is 6.07 Å². The van der Waals surface area contributed by atoms with Crippen LogP contribution in [0.1, 0.15) is 6.92 Å². The number of aliphatic hydroxyl groups excluding tert-OH is 2. The molecule has 0 aliphatic heterocycles. The molecule has 0 amide bonds. The van der Waals surface area contributed by atoms with Gasteiger partial charge in [0, 0.05) is 13.1 Å². The third-order valence-electron chi connectivity index (χ3n) is 2.66. The van der Waals surface area contributed by atoms with Gasteiger partial charge in [0.1, 0.15) is 10.9 Å². The lowest BCUT2D eigenvalue weighted by Crippen LogP contribution is -2.40. The van der Waals surface area contributed by atoms with Gasteiger partial charge in [-0.3, -0.25) is 4.68 Å². The summed E-state index contributed by atoms with van der Waals surface area (Å²) in [5.74, 6) is 0.434. The van der Waals surface area contributed by atoms with Crippen LogP contribution in [-0.2, 0) is 7.05 Å². The predicted octanol–water partition coefficient (Wildman–Crippen LogP) is 0.744. The summed E-state index contributed by atoms with van der Waals surface area (Å²) in [6, 6.07) is 1.54. The normalized spacial score (nSPS) is 12.1. The first-order chi connectivity index (χ1) is 8.49. The fourth-order valence-electron chi connectivity index (χ4n) is 1.52. The van der Waals surface area contributed by atoms with Crippen LogP contribution < -0.4 is 4.74 Å². The lowest BCUT2D eigenvalue weighted by Gasteiger charge is -2.26. The molecule has 0 aliphatic carbocycles. The van der Waals surface area contributed by atoms with Gasteiger partial charge in [0.25, 0.3) is 0 Å². The predicted molar refractivity (Wildman–Crippen MR) is 66.7 cm³/mol. The molecule has 2 aromatic heterocycles. The zero-order valence-electron chi connectivity index (χ0n) is 10.1. The maximum atomic E-state index is 9.24. The second-order valence-electron chi connectivity index (χ2n) is 4.32. The van der Waals surface area contributed by atoms with Crippen LogP contribution >= 0.6 is 11.6 Å². The number of rotatable bonds is 4. The molecule has 0 aliphatic rings. The van der Waals surface area contributed by atoms with E-state index in [0.29, 0.717) is 16.8 Å². The summed E-state index contributed by atoms with van der Waals surface area (Å²) in [7, 11) is 1.74. The highest BCUT2D eigenvalue weighted by Gasteiger charge is 2.26. The molecule has 2 aromatic rings. The van der Waals surface area contributed by atoms with Gasteiger partial charge in [-0.05, 0) is 6.92 Å². The summed E-state index contributed by atoms with van der Waals surface area (Å²) in [6.45, 7) is 0.972. The molecule has 0 fully saturated rings. The molecule has 0 radical (unpaired) electrons. The van der Waals surface area contributed by atoms with Crippen molar-refractivity contribution in [1.29, 1.82) is 0 Å². The Morgan fingerprint density at radius 3 is 2.72 bits per heavy atom. The summed E-state index contributed by atoms with van der Waals surface area (Å²) < 4.78 is 7.20. The van der Waals surface area contributed by atoms with Crippen molar-refractivity contribution in [1.82, 2.24) is 14.8 Å². The van der Waals surface area contributed by atoms with Gasteiger partial charge >= 0.3 is 0 Å². The minimum atomic E-state index is -1.08. The van der Waals surface area contributed by atoms with Crippen molar-refractivity contribution in [3.8, 4) is 5.75 Å². The van der Waals surface area contributed by atoms with Crippen molar-refractivity contribution < 1.29 is 14.9 Å². The highest BCUT2D eigenvalue weighted by Crippen LogP contribution is 2.29. The standard InChI is InChI=1S/C11H14ClN3O3/c1-11(5-16,6-17)18-8-3-9(12)14-10-7(8)4-13-15(10)2/h3-4,16-17H,5-6H2,1-2H3. The van der Waals surface area contributed by atoms with Crippen LogP contribution in [0.15, 0.2) is 12.3 Å². The highest BCUT2D eigenvalue weighted by atomic mass is 35.5. The molecule has 0 bridgehead atoms. The first-order valence-electron chi connectivity index (χ1n) is 5.38. The lowest BCUT2D eigenvalue weighted by molar-refractivity contribution is -0.0184. The van der Waals surface area contributed by atoms with Gasteiger partial charge in [0.15, 0.2) is 11.2 Å². The smallest absolute Gasteiger partial charge is 0.162 e. The van der Waals surface area contributed by atoms with Gasteiger partial charge in [0.2, 0.25) is 0 Å². The molecule has 0 saturated heterocycles. The van der Waals surface area contributed by atoms with E-state index in [0.717, 1.165) is 0 Å². The molecule has 98 valence electrons. The summed E-state index contributed by atoms with van der Waals surface area (Å²) in [5, 5.41) is 23.5. The third-order valence-corrected chi connectivity index (χ3v) is 2.85. The van der Waals surface area contributed by atoms with Gasteiger partial charge in [0.05, 0.1) is 24.8 Å². The van der Waals surface area contributed by atoms with E-state index < -0.39 is 5.60 Å². The Balaban J connectivity index is 2.50. The molecule has 6 nitrogen and oxygen atoms in total. The van der Waals surface area contributed by atoms with Gasteiger partial charge < -0.3 is 14.9 Å². The third kappa shape index (κ3) is 2.27. The SMILES string of the molecule is Cn1ncc2c(OC(C)(CO)CO)cc(Cl)nc21. The fraction of sp³-hybridized carbons (Fsp3) is 0.455. The topological polar surface area (TPSA) is 80.4 Å². The summed E-state index contributed by atoms with van der Waals surface area (Å²) in [5.41, 5.74) is -0.497. The molecule has 2 heterocycles. The Kier molecular flexibility index (Phi) is 3.43. The summed E-state index contributed by atoms with van der Waals surface area (Å²) >= 11 is 5.91. The van der Waals surface area contributed by atoms with E-state index in [1.807, 2.05) is 0 Å². The monoisotopic (exact) mass is 271 g/mol. The number of hydrogen-bond acceptors (Lipinski definition) is 5. The van der Waals surface area contributed by atoms with Crippen LogP contribution in [0, 0.1) is 0 Å². The van der Waals surface area contributed by atoms with Crippen molar-refractivity contribution in [2.24, 2.45) is 7.05 Å². The maximum absolute atomic E-state index is 9.24. The van der Waals surface area contributed by atoms with Crippen molar-refractivity contribution in [2.75, 3.05) is 13.2 Å². The molecule has 0 aromatic carbocycles. The van der Waals surface area contributed by atoms with Crippen molar-refractivity contribution >= 4 is 22.6 Å². The van der Waals surface area contributed by atoms with E-state index in [-0.39, 0.29) is 18.4 Å². The van der Waals surface area contributed by atoms with Crippen LogP contribution in [-0.4, -0.2) is 43.8 Å². The van der Waals surface area contributed by atoms with Gasteiger partial charge in [-0.1, -0.05) is 11.6 Å². The first kappa shape index (κ1) is 13.1. The zero-order chi connectivity index (χ0) is 13.3. The fourth-order valence-corrected chi connectivity index (χ4v) is 1.70. The molecule has 7 heteroatoms. The van der Waals surface area contributed by atoms with E-state index in [4.69, 9.17) is 16.3 Å². The van der Waals surface area contributed by atoms with Crippen LogP contribution in [0.25, 0.3) is 11.0 Å². The number of hydrogen-bond donors (Lipinski definition) is 2. The van der Waals surface area contributed by atoms with E-state index >= 15 is 0 Å². The Morgan fingerprint density at radius 1 is 1.44 bits per heavy atom. The van der Waals surface area contributed by atoms with Crippen molar-refractivity contribution in [3.05, 3.63) is 17.4 Å². The average molecular weight is 272 g/mol. The lowest BCUT2D eigenvalue weighted by atomic mass is 10.1. The minimum absolute atomic E-state index is 0.263. The van der Waals surface area contributed by atoms with Crippen LogP contribution in [0.3, 0.4) is 0 Å². The molecule has 0 saturated carbocycles. The number of pyridine rings is 1. The van der Waals surface area contributed by atoms with Gasteiger partial charge in [-0.2, -0.15) is 5.10 Å². The van der Waals surface area contributed by atoms with Crippen LogP contribution in [0.4, 0.5) is 0 Å². The molecule has 2 rings (SSSR count). The van der Waals surface area contributed by atoms with Crippen LogP contribution in [0.5, 0.6) is 5.75 Å². The molecule has 2 N–H and O–H groups in total. The van der Waals surface area contributed by atoms with E-state index in [1.54, 1.807) is 24.9 Å². The molecular formula is C11H14ClN3O3. The van der Waals surface area contributed by atoms with E-state index in [2.05, 4.69) is 10.1 Å². The van der Waals surface area contributed by atoms with Crippen molar-refractivity contribution in [2.45, 2.75) is 12.5 Å². The minimum Gasteiger partial charge on any atom is -0.482 e. The number of aliphatic hydroxyl groups is 2.